The van der Waals surface area contributed by atoms with E-state index in [-0.39, 0.29) is 5.78 Å². The van der Waals surface area contributed by atoms with E-state index in [0.29, 0.717) is 12.2 Å². The van der Waals surface area contributed by atoms with Gasteiger partial charge < -0.3 is 10.3 Å². The van der Waals surface area contributed by atoms with Gasteiger partial charge in [0.1, 0.15) is 0 Å². The zero-order valence-corrected chi connectivity index (χ0v) is 9.66. The summed E-state index contributed by atoms with van der Waals surface area (Å²) in [4.78, 5) is 16.1. The van der Waals surface area contributed by atoms with E-state index >= 15 is 0 Å². The number of aryl methyl sites for hydroxylation is 1. The van der Waals surface area contributed by atoms with E-state index in [2.05, 4.69) is 11.9 Å². The third-order valence-corrected chi connectivity index (χ3v) is 2.64. The van der Waals surface area contributed by atoms with Crippen LogP contribution in [0, 0.1) is 0 Å². The molecule has 2 N–H and O–H groups in total. The van der Waals surface area contributed by atoms with Crippen LogP contribution in [0.15, 0.2) is 12.4 Å². The second-order valence-corrected chi connectivity index (χ2v) is 4.04. The van der Waals surface area contributed by atoms with Crippen LogP contribution in [0.25, 0.3) is 0 Å². The molecule has 0 fully saturated rings. The van der Waals surface area contributed by atoms with Crippen LogP contribution in [-0.4, -0.2) is 20.9 Å². The van der Waals surface area contributed by atoms with Gasteiger partial charge in [0.15, 0.2) is 5.82 Å². The van der Waals surface area contributed by atoms with Gasteiger partial charge in [-0.1, -0.05) is 13.8 Å². The van der Waals surface area contributed by atoms with Gasteiger partial charge in [-0.3, -0.25) is 4.79 Å². The number of aromatic nitrogens is 2. The van der Waals surface area contributed by atoms with Crippen LogP contribution in [0.3, 0.4) is 0 Å². The van der Waals surface area contributed by atoms with Crippen LogP contribution in [-0.2, 0) is 6.54 Å². The lowest BCUT2D eigenvalue weighted by molar-refractivity contribution is 0.0882. The maximum Gasteiger partial charge on any atom is 0.217 e. The summed E-state index contributed by atoms with van der Waals surface area (Å²) in [7, 11) is 0. The molecule has 0 saturated heterocycles. The Morgan fingerprint density at radius 1 is 1.60 bits per heavy atom. The SMILES string of the molecule is CCCn1ccnc1C(=O)C(C)(N)CC. The summed E-state index contributed by atoms with van der Waals surface area (Å²) >= 11 is 0. The third-order valence-electron chi connectivity index (χ3n) is 2.64. The number of hydrogen-bond acceptors (Lipinski definition) is 3. The molecule has 84 valence electrons. The van der Waals surface area contributed by atoms with Crippen molar-refractivity contribution in [2.24, 2.45) is 5.73 Å². The summed E-state index contributed by atoms with van der Waals surface area (Å²) in [5.41, 5.74) is 5.10. The Morgan fingerprint density at radius 2 is 2.27 bits per heavy atom. The molecule has 1 rings (SSSR count). The number of hydrogen-bond donors (Lipinski definition) is 1. The zero-order valence-electron chi connectivity index (χ0n) is 9.66. The second kappa shape index (κ2) is 4.57. The highest BCUT2D eigenvalue weighted by Crippen LogP contribution is 2.13. The highest BCUT2D eigenvalue weighted by atomic mass is 16.1. The molecule has 1 aromatic heterocycles. The van der Waals surface area contributed by atoms with Crippen LogP contribution in [0.5, 0.6) is 0 Å². The Labute approximate surface area is 90.5 Å². The molecule has 0 aliphatic heterocycles. The van der Waals surface area contributed by atoms with E-state index in [1.165, 1.54) is 0 Å². The van der Waals surface area contributed by atoms with Crippen LogP contribution < -0.4 is 5.73 Å². The minimum atomic E-state index is -0.809. The maximum atomic E-state index is 12.0. The van der Waals surface area contributed by atoms with Gasteiger partial charge in [0, 0.05) is 18.9 Å². The average molecular weight is 209 g/mol. The highest BCUT2D eigenvalue weighted by molar-refractivity contribution is 6.00. The van der Waals surface area contributed by atoms with Crippen LogP contribution >= 0.6 is 0 Å². The van der Waals surface area contributed by atoms with E-state index in [1.54, 1.807) is 13.1 Å². The van der Waals surface area contributed by atoms with E-state index in [0.717, 1.165) is 13.0 Å². The third kappa shape index (κ3) is 2.45. The van der Waals surface area contributed by atoms with E-state index < -0.39 is 5.54 Å². The first-order valence-corrected chi connectivity index (χ1v) is 5.37. The molecule has 1 aromatic rings. The Morgan fingerprint density at radius 3 is 2.80 bits per heavy atom. The summed E-state index contributed by atoms with van der Waals surface area (Å²) in [6.45, 7) is 6.53. The fourth-order valence-electron chi connectivity index (χ4n) is 1.36. The molecular formula is C11H19N3O. The summed E-state index contributed by atoms with van der Waals surface area (Å²) < 4.78 is 1.86. The first-order chi connectivity index (χ1) is 7.03. The van der Waals surface area contributed by atoms with Crippen LogP contribution in [0.2, 0.25) is 0 Å². The topological polar surface area (TPSA) is 60.9 Å². The molecule has 1 atom stereocenters. The number of carbonyl (C=O) groups is 1. The molecule has 15 heavy (non-hydrogen) atoms. The molecule has 0 spiro atoms. The van der Waals surface area contributed by atoms with Gasteiger partial charge in [-0.05, 0) is 19.8 Å². The van der Waals surface area contributed by atoms with Gasteiger partial charge in [-0.2, -0.15) is 0 Å². The summed E-state index contributed by atoms with van der Waals surface area (Å²) in [5.74, 6) is 0.396. The van der Waals surface area contributed by atoms with E-state index in [4.69, 9.17) is 5.73 Å². The molecular weight excluding hydrogens is 190 g/mol. The first kappa shape index (κ1) is 11.9. The second-order valence-electron chi connectivity index (χ2n) is 4.04. The normalized spacial score (nSPS) is 14.9. The van der Waals surface area contributed by atoms with Crippen molar-refractivity contribution in [3.63, 3.8) is 0 Å². The van der Waals surface area contributed by atoms with Gasteiger partial charge in [0.2, 0.25) is 5.78 Å². The number of imidazole rings is 1. The summed E-state index contributed by atoms with van der Waals surface area (Å²) in [6.07, 6.45) is 5.06. The lowest BCUT2D eigenvalue weighted by Gasteiger charge is -2.20. The van der Waals surface area contributed by atoms with Gasteiger partial charge in [0.25, 0.3) is 0 Å². The smallest absolute Gasteiger partial charge is 0.217 e. The summed E-state index contributed by atoms with van der Waals surface area (Å²) in [6, 6.07) is 0. The Balaban J connectivity index is 2.96. The fraction of sp³-hybridized carbons (Fsp3) is 0.636. The van der Waals surface area contributed by atoms with Crippen molar-refractivity contribution in [2.75, 3.05) is 0 Å². The maximum absolute atomic E-state index is 12.0. The minimum absolute atomic E-state index is 0.0801. The van der Waals surface area contributed by atoms with Gasteiger partial charge in [0.05, 0.1) is 5.54 Å². The molecule has 0 amide bonds. The van der Waals surface area contributed by atoms with Crippen LogP contribution in [0.4, 0.5) is 0 Å². The van der Waals surface area contributed by atoms with Crippen molar-refractivity contribution >= 4 is 5.78 Å². The van der Waals surface area contributed by atoms with Crippen molar-refractivity contribution in [1.29, 1.82) is 0 Å². The molecule has 4 nitrogen and oxygen atoms in total. The molecule has 4 heteroatoms. The number of nitrogens with zero attached hydrogens (tertiary/aromatic N) is 2. The molecule has 0 aromatic carbocycles. The van der Waals surface area contributed by atoms with E-state index in [1.807, 2.05) is 17.7 Å². The molecule has 1 heterocycles. The average Bonchev–Trinajstić information content (AvgIpc) is 2.65. The number of nitrogens with two attached hydrogens (primary N) is 1. The lowest BCUT2D eigenvalue weighted by atomic mass is 9.94. The number of rotatable bonds is 5. The first-order valence-electron chi connectivity index (χ1n) is 5.37. The molecule has 0 bridgehead atoms. The predicted molar refractivity (Wildman–Crippen MR) is 59.7 cm³/mol. The Hall–Kier alpha value is -1.16. The largest absolute Gasteiger partial charge is 0.328 e. The van der Waals surface area contributed by atoms with Gasteiger partial charge in [-0.15, -0.1) is 0 Å². The van der Waals surface area contributed by atoms with Crippen LogP contribution in [0.1, 0.15) is 44.2 Å². The van der Waals surface area contributed by atoms with Crippen molar-refractivity contribution in [1.82, 2.24) is 9.55 Å². The standard InChI is InChI=1S/C11H19N3O/c1-4-7-14-8-6-13-10(14)9(15)11(3,12)5-2/h6,8H,4-5,7,12H2,1-3H3. The van der Waals surface area contributed by atoms with E-state index in [9.17, 15) is 4.79 Å². The minimum Gasteiger partial charge on any atom is -0.328 e. The monoisotopic (exact) mass is 209 g/mol. The summed E-state index contributed by atoms with van der Waals surface area (Å²) in [5, 5.41) is 0. The van der Waals surface area contributed by atoms with Gasteiger partial charge in [-0.25, -0.2) is 4.98 Å². The number of carbonyl (C=O) groups excluding carboxylic acids is 1. The molecule has 0 radical (unpaired) electrons. The highest BCUT2D eigenvalue weighted by Gasteiger charge is 2.30. The molecule has 0 aliphatic rings. The lowest BCUT2D eigenvalue weighted by Crippen LogP contribution is -2.45. The number of ketones is 1. The Kier molecular flexibility index (Phi) is 3.63. The van der Waals surface area contributed by atoms with Crippen molar-refractivity contribution in [3.8, 4) is 0 Å². The fourth-order valence-corrected chi connectivity index (χ4v) is 1.36. The molecule has 0 saturated carbocycles. The van der Waals surface area contributed by atoms with Crippen molar-refractivity contribution < 1.29 is 4.79 Å². The quantitative estimate of drug-likeness (QED) is 0.749. The van der Waals surface area contributed by atoms with Gasteiger partial charge >= 0.3 is 0 Å². The molecule has 1 unspecified atom stereocenters. The predicted octanol–water partition coefficient (Wildman–Crippen LogP) is 1.60. The number of Topliss-reactive ketones (excluding diaryl/α,β-unsaturated/α-hetero) is 1. The zero-order chi connectivity index (χ0) is 11.5. The van der Waals surface area contributed by atoms with Crippen molar-refractivity contribution in [2.45, 2.75) is 45.7 Å². The molecule has 0 aliphatic carbocycles. The Bertz CT molecular complexity index is 341. The van der Waals surface area contributed by atoms with Crippen molar-refractivity contribution in [3.05, 3.63) is 18.2 Å².